The molecule has 8 heteroatoms. The van der Waals surface area contributed by atoms with Crippen LogP contribution in [0.2, 0.25) is 0 Å². The zero-order chi connectivity index (χ0) is 13.3. The Bertz CT molecular complexity index is 394. The second-order valence-corrected chi connectivity index (χ2v) is 4.29. The molecule has 0 aromatic carbocycles. The highest BCUT2D eigenvalue weighted by Gasteiger charge is 2.37. The normalized spacial score (nSPS) is 22.1. The van der Waals surface area contributed by atoms with Crippen LogP contribution in [-0.4, -0.2) is 58.0 Å². The summed E-state index contributed by atoms with van der Waals surface area (Å²) in [5.74, 6) is -1.11. The highest BCUT2D eigenvalue weighted by Crippen LogP contribution is 2.19. The monoisotopic (exact) mass is 255 g/mol. The summed E-state index contributed by atoms with van der Waals surface area (Å²) in [6, 6.07) is -1.04. The average Bonchev–Trinajstić information content (AvgIpc) is 2.28. The van der Waals surface area contributed by atoms with Crippen molar-refractivity contribution in [2.75, 3.05) is 13.1 Å². The van der Waals surface area contributed by atoms with Crippen molar-refractivity contribution in [3.63, 3.8) is 0 Å². The molecule has 2 saturated heterocycles. The van der Waals surface area contributed by atoms with E-state index in [0.29, 0.717) is 12.8 Å². The third-order valence-corrected chi connectivity index (χ3v) is 3.15. The van der Waals surface area contributed by atoms with Gasteiger partial charge >= 0.3 is 12.1 Å². The van der Waals surface area contributed by atoms with Crippen LogP contribution in [0.3, 0.4) is 0 Å². The second kappa shape index (κ2) is 4.63. The van der Waals surface area contributed by atoms with Crippen molar-refractivity contribution in [1.29, 1.82) is 0 Å². The Morgan fingerprint density at radius 1 is 1.22 bits per heavy atom. The van der Waals surface area contributed by atoms with Crippen molar-refractivity contribution in [2.24, 2.45) is 0 Å². The number of piperidine rings is 1. The summed E-state index contributed by atoms with van der Waals surface area (Å²) >= 11 is 0. The molecule has 8 nitrogen and oxygen atoms in total. The van der Waals surface area contributed by atoms with E-state index in [1.165, 1.54) is 4.90 Å². The molecule has 98 valence electrons. The van der Waals surface area contributed by atoms with E-state index in [9.17, 15) is 19.2 Å². The van der Waals surface area contributed by atoms with Crippen LogP contribution < -0.4 is 5.32 Å². The molecule has 0 radical (unpaired) electrons. The molecular formula is C10H13N3O5. The minimum Gasteiger partial charge on any atom is -0.465 e. The van der Waals surface area contributed by atoms with Gasteiger partial charge in [0.2, 0.25) is 11.8 Å². The number of nitrogens with zero attached hydrogens (tertiary/aromatic N) is 2. The maximum absolute atomic E-state index is 11.6. The number of rotatable bonds is 1. The van der Waals surface area contributed by atoms with Gasteiger partial charge < -0.3 is 10.0 Å². The Balaban J connectivity index is 2.00. The molecular weight excluding hydrogens is 242 g/mol. The number of amides is 5. The van der Waals surface area contributed by atoms with Gasteiger partial charge in [0.15, 0.2) is 0 Å². The number of nitrogens with one attached hydrogen (secondary N) is 1. The van der Waals surface area contributed by atoms with E-state index in [4.69, 9.17) is 5.11 Å². The Morgan fingerprint density at radius 2 is 1.83 bits per heavy atom. The number of carboxylic acid groups (broad SMARTS) is 1. The van der Waals surface area contributed by atoms with Gasteiger partial charge in [0.25, 0.3) is 0 Å². The number of hydrogen-bond acceptors (Lipinski definition) is 4. The molecule has 2 aliphatic heterocycles. The number of urea groups is 1. The smallest absolute Gasteiger partial charge is 0.407 e. The molecule has 0 spiro atoms. The first kappa shape index (κ1) is 12.3. The van der Waals surface area contributed by atoms with E-state index >= 15 is 0 Å². The lowest BCUT2D eigenvalue weighted by Crippen LogP contribution is -2.58. The number of imide groups is 2. The number of hydrogen-bond donors (Lipinski definition) is 2. The van der Waals surface area contributed by atoms with Crippen molar-refractivity contribution in [1.82, 2.24) is 15.1 Å². The molecule has 2 N–H and O–H groups in total. The molecule has 0 aromatic heterocycles. The Hall–Kier alpha value is -2.12. The summed E-state index contributed by atoms with van der Waals surface area (Å²) in [7, 11) is 0. The van der Waals surface area contributed by atoms with Crippen LogP contribution >= 0.6 is 0 Å². The fourth-order valence-corrected chi connectivity index (χ4v) is 2.24. The summed E-state index contributed by atoms with van der Waals surface area (Å²) in [6.45, 7) is 0.565. The van der Waals surface area contributed by atoms with Gasteiger partial charge in [-0.1, -0.05) is 0 Å². The maximum Gasteiger partial charge on any atom is 0.407 e. The van der Waals surface area contributed by atoms with E-state index in [2.05, 4.69) is 5.32 Å². The molecule has 5 amide bonds. The minimum atomic E-state index is -1.00. The first-order valence-corrected chi connectivity index (χ1v) is 5.63. The quantitative estimate of drug-likeness (QED) is 0.620. The van der Waals surface area contributed by atoms with Gasteiger partial charge in [-0.15, -0.1) is 0 Å². The Morgan fingerprint density at radius 3 is 2.33 bits per heavy atom. The Kier molecular flexibility index (Phi) is 3.17. The molecule has 2 rings (SSSR count). The third kappa shape index (κ3) is 2.27. The molecule has 2 heterocycles. The van der Waals surface area contributed by atoms with Crippen molar-refractivity contribution in [2.45, 2.75) is 25.3 Å². The van der Waals surface area contributed by atoms with Crippen molar-refractivity contribution >= 4 is 23.9 Å². The van der Waals surface area contributed by atoms with Gasteiger partial charge in [-0.05, 0) is 12.8 Å². The number of carbonyl (C=O) groups is 4. The molecule has 2 fully saturated rings. The number of barbiturate groups is 1. The Labute approximate surface area is 103 Å². The third-order valence-electron chi connectivity index (χ3n) is 3.15. The van der Waals surface area contributed by atoms with Gasteiger partial charge in [-0.2, -0.15) is 0 Å². The van der Waals surface area contributed by atoms with Crippen LogP contribution in [0.1, 0.15) is 19.3 Å². The summed E-state index contributed by atoms with van der Waals surface area (Å²) < 4.78 is 0. The van der Waals surface area contributed by atoms with Crippen molar-refractivity contribution in [3.05, 3.63) is 0 Å². The largest absolute Gasteiger partial charge is 0.465 e. The first-order valence-electron chi connectivity index (χ1n) is 5.63. The van der Waals surface area contributed by atoms with Crippen LogP contribution in [-0.2, 0) is 9.59 Å². The average molecular weight is 255 g/mol. The lowest BCUT2D eigenvalue weighted by Gasteiger charge is -2.37. The lowest BCUT2D eigenvalue weighted by molar-refractivity contribution is -0.138. The van der Waals surface area contributed by atoms with Gasteiger partial charge in [0, 0.05) is 19.1 Å². The maximum atomic E-state index is 11.6. The van der Waals surface area contributed by atoms with Gasteiger partial charge in [0.05, 0.1) is 0 Å². The van der Waals surface area contributed by atoms with Crippen molar-refractivity contribution < 1.29 is 24.3 Å². The van der Waals surface area contributed by atoms with Crippen LogP contribution in [0.15, 0.2) is 0 Å². The predicted octanol–water partition coefficient (Wildman–Crippen LogP) is -0.403. The molecule has 0 bridgehead atoms. The van der Waals surface area contributed by atoms with Crippen LogP contribution in [0.5, 0.6) is 0 Å². The SMILES string of the molecule is O=C1CC(=O)N(C2CCN(C(=O)O)CC2)C(=O)N1. The van der Waals surface area contributed by atoms with Crippen molar-refractivity contribution in [3.8, 4) is 0 Å². The molecule has 0 atom stereocenters. The van der Waals surface area contributed by atoms with Gasteiger partial charge in [-0.25, -0.2) is 9.59 Å². The molecule has 2 aliphatic rings. The minimum absolute atomic E-state index is 0.283. The lowest BCUT2D eigenvalue weighted by atomic mass is 10.0. The molecule has 18 heavy (non-hydrogen) atoms. The van der Waals surface area contributed by atoms with Crippen LogP contribution in [0.25, 0.3) is 0 Å². The highest BCUT2D eigenvalue weighted by atomic mass is 16.4. The molecule has 0 saturated carbocycles. The summed E-state index contributed by atoms with van der Waals surface area (Å²) in [6.07, 6.45) is -0.525. The summed E-state index contributed by atoms with van der Waals surface area (Å²) in [5.41, 5.74) is 0. The second-order valence-electron chi connectivity index (χ2n) is 4.29. The zero-order valence-electron chi connectivity index (χ0n) is 9.59. The predicted molar refractivity (Wildman–Crippen MR) is 57.6 cm³/mol. The molecule has 0 aromatic rings. The highest BCUT2D eigenvalue weighted by molar-refractivity contribution is 6.14. The molecule has 0 unspecified atom stereocenters. The number of carbonyl (C=O) groups excluding carboxylic acids is 3. The molecule has 0 aliphatic carbocycles. The van der Waals surface area contributed by atoms with Gasteiger partial charge in [-0.3, -0.25) is 19.8 Å². The van der Waals surface area contributed by atoms with E-state index in [0.717, 1.165) is 4.90 Å². The summed E-state index contributed by atoms with van der Waals surface area (Å²) in [5, 5.41) is 10.9. The topological polar surface area (TPSA) is 107 Å². The van der Waals surface area contributed by atoms with E-state index in [1.54, 1.807) is 0 Å². The van der Waals surface area contributed by atoms with Gasteiger partial charge in [0.1, 0.15) is 6.42 Å². The fraction of sp³-hybridized carbons (Fsp3) is 0.600. The van der Waals surface area contributed by atoms with Crippen LogP contribution in [0.4, 0.5) is 9.59 Å². The van der Waals surface area contributed by atoms with E-state index in [1.807, 2.05) is 0 Å². The van der Waals surface area contributed by atoms with Crippen LogP contribution in [0, 0.1) is 0 Å². The van der Waals surface area contributed by atoms with E-state index < -0.39 is 23.9 Å². The first-order chi connectivity index (χ1) is 8.49. The number of likely N-dealkylation sites (tertiary alicyclic amines) is 1. The summed E-state index contributed by atoms with van der Waals surface area (Å²) in [4.78, 5) is 47.2. The fourth-order valence-electron chi connectivity index (χ4n) is 2.24. The standard InChI is InChI=1S/C10H13N3O5/c14-7-5-8(15)13(9(16)11-7)6-1-3-12(4-2-6)10(17)18/h6H,1-5H2,(H,17,18)(H,11,14,16). The zero-order valence-corrected chi connectivity index (χ0v) is 9.59. The van der Waals surface area contributed by atoms with E-state index in [-0.39, 0.29) is 25.6 Å².